The maximum Gasteiger partial charge on any atom is 0.508 e. The lowest BCUT2D eigenvalue weighted by molar-refractivity contribution is -0.164. The Morgan fingerprint density at radius 3 is 2.80 bits per heavy atom. The number of β-lactam (4-membered cyclic amide) rings is 1. The van der Waals surface area contributed by atoms with E-state index in [0.29, 0.717) is 18.4 Å². The average Bonchev–Trinajstić information content (AvgIpc) is 2.85. The number of carboxylic acid groups (broad SMARTS) is 1. The van der Waals surface area contributed by atoms with Crippen LogP contribution in [0, 0.1) is 11.8 Å². The molecule has 2 fully saturated rings. The molecule has 3 rings (SSSR count). The molecule has 1 saturated carbocycles. The first-order chi connectivity index (χ1) is 11.9. The maximum atomic E-state index is 12.5. The fraction of sp³-hybridized carbons (Fsp3) is 0.588. The molecular formula is C17H21NO7. The van der Waals surface area contributed by atoms with Crippen molar-refractivity contribution in [2.24, 2.45) is 11.8 Å². The number of hydrogen-bond donors (Lipinski definition) is 2. The topological polar surface area (TPSA) is 113 Å². The SMILES string of the molecule is C=CCOC(=O)O[C@H](C)[C@H]1C(=O)N2C(C(=O)O)=C3[C@@H](O)CCC[C@@H]3[C@H]12. The summed E-state index contributed by atoms with van der Waals surface area (Å²) in [6.07, 6.45) is 0.843. The lowest BCUT2D eigenvalue weighted by Crippen LogP contribution is -2.64. The van der Waals surface area contributed by atoms with Gasteiger partial charge in [-0.1, -0.05) is 12.7 Å². The van der Waals surface area contributed by atoms with E-state index in [4.69, 9.17) is 9.47 Å². The monoisotopic (exact) mass is 351 g/mol. The van der Waals surface area contributed by atoms with Crippen LogP contribution in [0.4, 0.5) is 4.79 Å². The minimum absolute atomic E-state index is 0.00338. The Labute approximate surface area is 144 Å². The van der Waals surface area contributed by atoms with Crippen molar-refractivity contribution in [1.29, 1.82) is 0 Å². The molecule has 1 amide bonds. The molecule has 1 saturated heterocycles. The summed E-state index contributed by atoms with van der Waals surface area (Å²) < 4.78 is 9.91. The summed E-state index contributed by atoms with van der Waals surface area (Å²) in [6, 6.07) is -0.397. The molecular weight excluding hydrogens is 330 g/mol. The molecule has 0 bridgehead atoms. The number of fused-ring (bicyclic) bond motifs is 3. The summed E-state index contributed by atoms with van der Waals surface area (Å²) in [5, 5.41) is 19.7. The number of aliphatic hydroxyl groups excluding tert-OH is 1. The van der Waals surface area contributed by atoms with Crippen LogP contribution in [0.1, 0.15) is 26.2 Å². The van der Waals surface area contributed by atoms with E-state index < -0.39 is 42.2 Å². The van der Waals surface area contributed by atoms with Gasteiger partial charge < -0.3 is 24.6 Å². The highest BCUT2D eigenvalue weighted by Crippen LogP contribution is 2.52. The lowest BCUT2D eigenvalue weighted by atomic mass is 9.72. The van der Waals surface area contributed by atoms with Crippen molar-refractivity contribution >= 4 is 18.0 Å². The number of carboxylic acids is 1. The zero-order valence-corrected chi connectivity index (χ0v) is 13.9. The van der Waals surface area contributed by atoms with Gasteiger partial charge >= 0.3 is 12.1 Å². The van der Waals surface area contributed by atoms with Crippen molar-refractivity contribution in [2.75, 3.05) is 6.61 Å². The maximum absolute atomic E-state index is 12.5. The van der Waals surface area contributed by atoms with Crippen molar-refractivity contribution < 1.29 is 34.1 Å². The Balaban J connectivity index is 1.80. The average molecular weight is 351 g/mol. The number of hydrogen-bond acceptors (Lipinski definition) is 6. The molecule has 1 aliphatic carbocycles. The third kappa shape index (κ3) is 2.70. The van der Waals surface area contributed by atoms with Crippen molar-refractivity contribution in [3.8, 4) is 0 Å². The van der Waals surface area contributed by atoms with Crippen LogP contribution in [0.3, 0.4) is 0 Å². The molecule has 0 spiro atoms. The number of aliphatic hydroxyl groups is 1. The highest BCUT2D eigenvalue weighted by Gasteiger charge is 2.63. The van der Waals surface area contributed by atoms with E-state index in [9.17, 15) is 24.6 Å². The highest BCUT2D eigenvalue weighted by atomic mass is 16.7. The molecule has 8 heteroatoms. The molecule has 2 aliphatic heterocycles. The minimum Gasteiger partial charge on any atom is -0.477 e. The number of aliphatic carboxylic acids is 1. The fourth-order valence-electron chi connectivity index (χ4n) is 4.23. The third-order valence-electron chi connectivity index (χ3n) is 5.18. The van der Waals surface area contributed by atoms with Crippen molar-refractivity contribution in [2.45, 2.75) is 44.4 Å². The first-order valence-corrected chi connectivity index (χ1v) is 8.31. The zero-order chi connectivity index (χ0) is 18.3. The Morgan fingerprint density at radius 1 is 1.44 bits per heavy atom. The smallest absolute Gasteiger partial charge is 0.477 e. The van der Waals surface area contributed by atoms with Gasteiger partial charge in [-0.3, -0.25) is 4.79 Å². The number of nitrogens with zero attached hydrogens (tertiary/aromatic N) is 1. The molecule has 0 radical (unpaired) electrons. The van der Waals surface area contributed by atoms with Crippen LogP contribution in [-0.2, 0) is 19.1 Å². The van der Waals surface area contributed by atoms with Crippen molar-refractivity contribution in [1.82, 2.24) is 4.90 Å². The number of amides is 1. The Kier molecular flexibility index (Phi) is 4.55. The Morgan fingerprint density at radius 2 is 2.16 bits per heavy atom. The van der Waals surface area contributed by atoms with Gasteiger partial charge in [0.2, 0.25) is 5.91 Å². The van der Waals surface area contributed by atoms with E-state index in [1.54, 1.807) is 6.92 Å². The molecule has 2 heterocycles. The van der Waals surface area contributed by atoms with E-state index in [1.165, 1.54) is 11.0 Å². The first kappa shape index (κ1) is 17.5. The Bertz CT molecular complexity index is 655. The largest absolute Gasteiger partial charge is 0.508 e. The molecule has 136 valence electrons. The molecule has 0 aromatic rings. The predicted molar refractivity (Wildman–Crippen MR) is 84.2 cm³/mol. The van der Waals surface area contributed by atoms with Gasteiger partial charge in [-0.05, 0) is 31.8 Å². The summed E-state index contributed by atoms with van der Waals surface area (Å²) in [4.78, 5) is 37.0. The van der Waals surface area contributed by atoms with Crippen LogP contribution >= 0.6 is 0 Å². The highest BCUT2D eigenvalue weighted by molar-refractivity contribution is 6.00. The summed E-state index contributed by atoms with van der Waals surface area (Å²) in [7, 11) is 0. The van der Waals surface area contributed by atoms with E-state index in [1.807, 2.05) is 0 Å². The van der Waals surface area contributed by atoms with Gasteiger partial charge in [0.15, 0.2) is 0 Å². The summed E-state index contributed by atoms with van der Waals surface area (Å²) in [6.45, 7) is 5.02. The lowest BCUT2D eigenvalue weighted by Gasteiger charge is -2.48. The molecule has 2 N–H and O–H groups in total. The van der Waals surface area contributed by atoms with Gasteiger partial charge in [-0.15, -0.1) is 0 Å². The van der Waals surface area contributed by atoms with Crippen LogP contribution < -0.4 is 0 Å². The fourth-order valence-corrected chi connectivity index (χ4v) is 4.23. The number of ether oxygens (including phenoxy) is 2. The molecule has 0 unspecified atom stereocenters. The minimum atomic E-state index is -1.21. The van der Waals surface area contributed by atoms with Gasteiger partial charge in [0.05, 0.1) is 18.1 Å². The van der Waals surface area contributed by atoms with Crippen LogP contribution in [0.15, 0.2) is 23.9 Å². The standard InChI is InChI=1S/C17H21NO7/c1-3-7-24-17(23)25-8(2)11-13-9-5-4-6-10(19)12(9)14(16(21)22)18(13)15(11)20/h3,8-11,13,19H,1,4-7H2,2H3,(H,21,22)/t8-,9+,10+,11-,13-/m1/s1. The van der Waals surface area contributed by atoms with Gasteiger partial charge in [0.1, 0.15) is 18.4 Å². The molecule has 25 heavy (non-hydrogen) atoms. The molecule has 0 aromatic carbocycles. The molecule has 3 aliphatic rings. The number of carbonyl (C=O) groups excluding carboxylic acids is 2. The van der Waals surface area contributed by atoms with Crippen LogP contribution in [0.5, 0.6) is 0 Å². The van der Waals surface area contributed by atoms with Gasteiger partial charge in [0.25, 0.3) is 0 Å². The summed E-state index contributed by atoms with van der Waals surface area (Å²) >= 11 is 0. The van der Waals surface area contributed by atoms with Gasteiger partial charge in [-0.25, -0.2) is 9.59 Å². The normalized spacial score (nSPS) is 31.6. The van der Waals surface area contributed by atoms with Gasteiger partial charge in [0, 0.05) is 5.92 Å². The molecule has 5 atom stereocenters. The number of carbonyl (C=O) groups is 3. The quantitative estimate of drug-likeness (QED) is 0.432. The van der Waals surface area contributed by atoms with E-state index in [-0.39, 0.29) is 18.2 Å². The second-order valence-corrected chi connectivity index (χ2v) is 6.56. The van der Waals surface area contributed by atoms with E-state index >= 15 is 0 Å². The summed E-state index contributed by atoms with van der Waals surface area (Å²) in [5.41, 5.74) is 0.325. The van der Waals surface area contributed by atoms with Crippen LogP contribution in [-0.4, -0.2) is 58.0 Å². The number of rotatable bonds is 5. The van der Waals surface area contributed by atoms with Crippen molar-refractivity contribution in [3.05, 3.63) is 23.9 Å². The Hall–Kier alpha value is -2.35. The second-order valence-electron chi connectivity index (χ2n) is 6.56. The van der Waals surface area contributed by atoms with E-state index in [2.05, 4.69) is 6.58 Å². The van der Waals surface area contributed by atoms with Gasteiger partial charge in [-0.2, -0.15) is 0 Å². The van der Waals surface area contributed by atoms with E-state index in [0.717, 1.165) is 6.42 Å². The van der Waals surface area contributed by atoms with Crippen LogP contribution in [0.25, 0.3) is 0 Å². The molecule has 8 nitrogen and oxygen atoms in total. The predicted octanol–water partition coefficient (Wildman–Crippen LogP) is 1.05. The van der Waals surface area contributed by atoms with Crippen molar-refractivity contribution in [3.63, 3.8) is 0 Å². The third-order valence-corrected chi connectivity index (χ3v) is 5.18. The first-order valence-electron chi connectivity index (χ1n) is 8.31. The molecule has 0 aromatic heterocycles. The van der Waals surface area contributed by atoms with Crippen LogP contribution in [0.2, 0.25) is 0 Å². The second kappa shape index (κ2) is 6.51. The zero-order valence-electron chi connectivity index (χ0n) is 13.9. The summed E-state index contributed by atoms with van der Waals surface area (Å²) in [5.74, 6) is -2.47.